The number of fused-ring (bicyclic) bond motifs is 1. The Balaban J connectivity index is 1.58. The smallest absolute Gasteiger partial charge is 0.261 e. The second-order valence-corrected chi connectivity index (χ2v) is 7.74. The molecule has 1 saturated heterocycles. The average Bonchev–Trinajstić information content (AvgIpc) is 2.87. The van der Waals surface area contributed by atoms with Crippen LogP contribution in [-0.4, -0.2) is 46.7 Å². The Morgan fingerprint density at radius 1 is 0.808 bits per heavy atom. The highest BCUT2D eigenvalue weighted by molar-refractivity contribution is 6.22. The lowest BCUT2D eigenvalue weighted by Crippen LogP contribution is -2.40. The zero-order valence-corrected chi connectivity index (χ0v) is 15.2. The quantitative estimate of drug-likeness (QED) is 0.762. The molecule has 0 aromatic heterocycles. The van der Waals surface area contributed by atoms with Crippen LogP contribution in [0.25, 0.3) is 0 Å². The minimum atomic E-state index is -0.220. The number of benzene rings is 1. The standard InChI is InChI=1S/C21H26N2O3/c24-19(22-12-6-1-2-7-13-22)15-10-11-17-18(14-15)21(26)23(20(17)25)16-8-4-3-5-9-16/h10-11,14,16H,1-9,12-13H2. The van der Waals surface area contributed by atoms with Crippen LogP contribution in [0.2, 0.25) is 0 Å². The molecule has 26 heavy (non-hydrogen) atoms. The number of likely N-dealkylation sites (tertiary alicyclic amines) is 1. The Morgan fingerprint density at radius 2 is 1.42 bits per heavy atom. The largest absolute Gasteiger partial charge is 0.339 e. The van der Waals surface area contributed by atoms with Gasteiger partial charge in [-0.05, 0) is 43.9 Å². The van der Waals surface area contributed by atoms with Crippen molar-refractivity contribution in [2.75, 3.05) is 13.1 Å². The van der Waals surface area contributed by atoms with Gasteiger partial charge in [0.1, 0.15) is 0 Å². The lowest BCUT2D eigenvalue weighted by Gasteiger charge is -2.29. The van der Waals surface area contributed by atoms with Crippen molar-refractivity contribution in [3.05, 3.63) is 34.9 Å². The monoisotopic (exact) mass is 354 g/mol. The molecule has 0 bridgehead atoms. The third-order valence-corrected chi connectivity index (χ3v) is 6.00. The third kappa shape index (κ3) is 3.04. The highest BCUT2D eigenvalue weighted by Gasteiger charge is 2.40. The van der Waals surface area contributed by atoms with Crippen molar-refractivity contribution < 1.29 is 14.4 Å². The second kappa shape index (κ2) is 7.22. The van der Waals surface area contributed by atoms with Crippen molar-refractivity contribution in [2.24, 2.45) is 0 Å². The van der Waals surface area contributed by atoms with Crippen molar-refractivity contribution >= 4 is 17.7 Å². The summed E-state index contributed by atoms with van der Waals surface area (Å²) in [6.45, 7) is 1.55. The summed E-state index contributed by atoms with van der Waals surface area (Å²) in [5.74, 6) is -0.431. The van der Waals surface area contributed by atoms with E-state index in [4.69, 9.17) is 0 Å². The van der Waals surface area contributed by atoms with E-state index in [1.165, 1.54) is 11.3 Å². The lowest BCUT2D eigenvalue weighted by atomic mass is 9.94. The fourth-order valence-electron chi connectivity index (χ4n) is 4.52. The van der Waals surface area contributed by atoms with Gasteiger partial charge in [0.15, 0.2) is 0 Å². The first-order chi connectivity index (χ1) is 12.7. The van der Waals surface area contributed by atoms with Gasteiger partial charge in [-0.15, -0.1) is 0 Å². The Labute approximate surface area is 154 Å². The van der Waals surface area contributed by atoms with E-state index in [0.717, 1.165) is 64.5 Å². The van der Waals surface area contributed by atoms with Crippen molar-refractivity contribution in [1.82, 2.24) is 9.80 Å². The van der Waals surface area contributed by atoms with Gasteiger partial charge in [0.05, 0.1) is 11.1 Å². The van der Waals surface area contributed by atoms with Crippen molar-refractivity contribution in [1.29, 1.82) is 0 Å². The molecule has 0 radical (unpaired) electrons. The van der Waals surface area contributed by atoms with E-state index in [1.54, 1.807) is 18.2 Å². The van der Waals surface area contributed by atoms with Gasteiger partial charge in [-0.25, -0.2) is 0 Å². The Hall–Kier alpha value is -2.17. The molecule has 0 atom stereocenters. The molecule has 0 unspecified atom stereocenters. The van der Waals surface area contributed by atoms with Gasteiger partial charge in [-0.3, -0.25) is 19.3 Å². The normalized spacial score (nSPS) is 21.7. The number of imide groups is 1. The number of rotatable bonds is 2. The van der Waals surface area contributed by atoms with E-state index < -0.39 is 0 Å². The van der Waals surface area contributed by atoms with Gasteiger partial charge in [-0.1, -0.05) is 32.1 Å². The molecule has 3 amide bonds. The number of carbonyl (C=O) groups is 3. The maximum absolute atomic E-state index is 12.9. The van der Waals surface area contributed by atoms with E-state index in [9.17, 15) is 14.4 Å². The summed E-state index contributed by atoms with van der Waals surface area (Å²) in [6, 6.07) is 5.04. The molecule has 138 valence electrons. The summed E-state index contributed by atoms with van der Waals surface area (Å²) >= 11 is 0. The van der Waals surface area contributed by atoms with E-state index in [2.05, 4.69) is 0 Å². The Kier molecular flexibility index (Phi) is 4.79. The molecule has 5 nitrogen and oxygen atoms in total. The highest BCUT2D eigenvalue weighted by Crippen LogP contribution is 2.31. The maximum Gasteiger partial charge on any atom is 0.261 e. The van der Waals surface area contributed by atoms with E-state index in [0.29, 0.717) is 16.7 Å². The molecular weight excluding hydrogens is 328 g/mol. The van der Waals surface area contributed by atoms with Crippen LogP contribution in [0.5, 0.6) is 0 Å². The second-order valence-electron chi connectivity index (χ2n) is 7.74. The lowest BCUT2D eigenvalue weighted by molar-refractivity contribution is 0.0548. The number of carbonyl (C=O) groups excluding carboxylic acids is 3. The highest BCUT2D eigenvalue weighted by atomic mass is 16.2. The van der Waals surface area contributed by atoms with E-state index in [-0.39, 0.29) is 23.8 Å². The number of hydrogen-bond donors (Lipinski definition) is 0. The molecule has 2 aliphatic heterocycles. The van der Waals surface area contributed by atoms with E-state index >= 15 is 0 Å². The fourth-order valence-corrected chi connectivity index (χ4v) is 4.52. The van der Waals surface area contributed by atoms with Crippen LogP contribution < -0.4 is 0 Å². The summed E-state index contributed by atoms with van der Waals surface area (Å²) in [7, 11) is 0. The van der Waals surface area contributed by atoms with Crippen LogP contribution in [0.15, 0.2) is 18.2 Å². The summed E-state index contributed by atoms with van der Waals surface area (Å²) in [5.41, 5.74) is 1.38. The van der Waals surface area contributed by atoms with Crippen molar-refractivity contribution in [3.63, 3.8) is 0 Å². The van der Waals surface area contributed by atoms with Crippen LogP contribution in [0.3, 0.4) is 0 Å². The summed E-state index contributed by atoms with van der Waals surface area (Å²) in [4.78, 5) is 41.8. The summed E-state index contributed by atoms with van der Waals surface area (Å²) in [6.07, 6.45) is 9.49. The molecule has 3 aliphatic rings. The zero-order chi connectivity index (χ0) is 18.1. The topological polar surface area (TPSA) is 57.7 Å². The first-order valence-corrected chi connectivity index (χ1v) is 9.98. The third-order valence-electron chi connectivity index (χ3n) is 6.00. The average molecular weight is 354 g/mol. The summed E-state index contributed by atoms with van der Waals surface area (Å²) < 4.78 is 0. The molecule has 4 rings (SSSR count). The molecule has 1 aromatic rings. The molecular formula is C21H26N2O3. The van der Waals surface area contributed by atoms with Crippen LogP contribution in [0, 0.1) is 0 Å². The van der Waals surface area contributed by atoms with E-state index in [1.807, 2.05) is 4.90 Å². The maximum atomic E-state index is 12.9. The van der Waals surface area contributed by atoms with Gasteiger partial charge in [-0.2, -0.15) is 0 Å². The molecule has 2 fully saturated rings. The predicted octanol–water partition coefficient (Wildman–Crippen LogP) is 3.63. The van der Waals surface area contributed by atoms with Gasteiger partial charge in [0.25, 0.3) is 17.7 Å². The summed E-state index contributed by atoms with van der Waals surface area (Å²) in [5, 5.41) is 0. The molecule has 1 aliphatic carbocycles. The molecule has 0 N–H and O–H groups in total. The molecule has 0 spiro atoms. The van der Waals surface area contributed by atoms with Crippen molar-refractivity contribution in [3.8, 4) is 0 Å². The number of amides is 3. The first kappa shape index (κ1) is 17.3. The van der Waals surface area contributed by atoms with Gasteiger partial charge >= 0.3 is 0 Å². The number of nitrogens with zero attached hydrogens (tertiary/aromatic N) is 2. The molecule has 5 heteroatoms. The minimum absolute atomic E-state index is 0.0147. The van der Waals surface area contributed by atoms with Gasteiger partial charge < -0.3 is 4.90 Å². The van der Waals surface area contributed by atoms with Crippen molar-refractivity contribution in [2.45, 2.75) is 63.8 Å². The van der Waals surface area contributed by atoms with Crippen LogP contribution in [-0.2, 0) is 0 Å². The first-order valence-electron chi connectivity index (χ1n) is 9.98. The molecule has 1 aromatic carbocycles. The minimum Gasteiger partial charge on any atom is -0.339 e. The molecule has 1 saturated carbocycles. The molecule has 2 heterocycles. The fraction of sp³-hybridized carbons (Fsp3) is 0.571. The Bertz CT molecular complexity index is 729. The van der Waals surface area contributed by atoms with Crippen LogP contribution in [0.4, 0.5) is 0 Å². The Morgan fingerprint density at radius 3 is 2.12 bits per heavy atom. The van der Waals surface area contributed by atoms with Gasteiger partial charge in [0.2, 0.25) is 0 Å². The zero-order valence-electron chi connectivity index (χ0n) is 15.2. The SMILES string of the molecule is O=C(c1ccc2c(c1)C(=O)N(C1CCCCC1)C2=O)N1CCCCCC1. The van der Waals surface area contributed by atoms with Crippen LogP contribution >= 0.6 is 0 Å². The van der Waals surface area contributed by atoms with Gasteiger partial charge in [0, 0.05) is 24.7 Å². The van der Waals surface area contributed by atoms with Crippen LogP contribution in [0.1, 0.15) is 88.9 Å². The number of hydrogen-bond acceptors (Lipinski definition) is 3. The predicted molar refractivity (Wildman–Crippen MR) is 98.2 cm³/mol.